The largest absolute Gasteiger partial charge is 0.480 e. The summed E-state index contributed by atoms with van der Waals surface area (Å²) in [6, 6.07) is 0.195. The average molecular weight is 280 g/mol. The molecule has 1 aromatic rings. The number of carboxylic acid groups (broad SMARTS) is 1. The lowest BCUT2D eigenvalue weighted by atomic mass is 9.92. The molecule has 1 aliphatic heterocycles. The zero-order valence-electron chi connectivity index (χ0n) is 12.5. The number of aliphatic carboxylic acids is 1. The highest BCUT2D eigenvalue weighted by Gasteiger charge is 2.35. The quantitative estimate of drug-likeness (QED) is 0.811. The molecule has 0 amide bonds. The van der Waals surface area contributed by atoms with Gasteiger partial charge in [0.1, 0.15) is 11.4 Å². The maximum Gasteiger partial charge on any atom is 0.323 e. The summed E-state index contributed by atoms with van der Waals surface area (Å²) in [4.78, 5) is 18.1. The Bertz CT molecular complexity index is 473. The van der Waals surface area contributed by atoms with Gasteiger partial charge in [-0.1, -0.05) is 6.92 Å². The Balaban J connectivity index is 2.01. The minimum absolute atomic E-state index is 0.195. The Labute approximate surface area is 119 Å². The summed E-state index contributed by atoms with van der Waals surface area (Å²) < 4.78 is 2.16. The number of carboxylic acids is 1. The monoisotopic (exact) mass is 280 g/mol. The molecule has 2 unspecified atom stereocenters. The van der Waals surface area contributed by atoms with Gasteiger partial charge in [0.2, 0.25) is 0 Å². The Hall–Kier alpha value is -1.40. The molecule has 2 rings (SSSR count). The number of nitrogens with zero attached hydrogens (tertiary/aromatic N) is 3. The van der Waals surface area contributed by atoms with Gasteiger partial charge >= 0.3 is 5.97 Å². The molecule has 0 saturated heterocycles. The van der Waals surface area contributed by atoms with E-state index in [4.69, 9.17) is 0 Å². The highest BCUT2D eigenvalue weighted by atomic mass is 16.4. The van der Waals surface area contributed by atoms with Crippen molar-refractivity contribution in [2.24, 2.45) is 0 Å². The topological polar surface area (TPSA) is 70.4 Å². The van der Waals surface area contributed by atoms with Crippen molar-refractivity contribution < 1.29 is 9.90 Å². The predicted octanol–water partition coefficient (Wildman–Crippen LogP) is 0.930. The molecule has 0 fully saturated rings. The van der Waals surface area contributed by atoms with Gasteiger partial charge in [0.05, 0.1) is 6.54 Å². The second kappa shape index (κ2) is 5.93. The number of hydrogen-bond donors (Lipinski definition) is 2. The molecule has 0 aromatic carbocycles. The van der Waals surface area contributed by atoms with E-state index in [2.05, 4.69) is 26.7 Å². The van der Waals surface area contributed by atoms with Crippen LogP contribution in [0.15, 0.2) is 12.4 Å². The van der Waals surface area contributed by atoms with Gasteiger partial charge in [0.15, 0.2) is 0 Å². The molecule has 0 aliphatic carbocycles. The Kier molecular flexibility index (Phi) is 4.45. The van der Waals surface area contributed by atoms with Crippen LogP contribution in [-0.4, -0.2) is 50.2 Å². The van der Waals surface area contributed by atoms with Gasteiger partial charge in [-0.15, -0.1) is 0 Å². The number of hydrogen-bond acceptors (Lipinski definition) is 4. The van der Waals surface area contributed by atoms with Gasteiger partial charge in [-0.25, -0.2) is 4.98 Å². The summed E-state index contributed by atoms with van der Waals surface area (Å²) in [6.45, 7) is 9.09. The second-order valence-electron chi connectivity index (χ2n) is 5.73. The molecular formula is C14H24N4O2. The Morgan fingerprint density at radius 1 is 1.60 bits per heavy atom. The normalized spacial score (nSPS) is 20.1. The molecule has 20 heavy (non-hydrogen) atoms. The molecule has 0 radical (unpaired) electrons. The van der Waals surface area contributed by atoms with Gasteiger partial charge in [-0.3, -0.25) is 9.69 Å². The minimum Gasteiger partial charge on any atom is -0.480 e. The first-order chi connectivity index (χ1) is 9.46. The number of aromatic nitrogens is 2. The molecule has 2 atom stereocenters. The fourth-order valence-corrected chi connectivity index (χ4v) is 2.91. The average Bonchev–Trinajstić information content (AvgIpc) is 2.85. The van der Waals surface area contributed by atoms with Crippen LogP contribution in [-0.2, 0) is 17.9 Å². The highest BCUT2D eigenvalue weighted by Crippen LogP contribution is 2.20. The summed E-state index contributed by atoms with van der Waals surface area (Å²) >= 11 is 0. The lowest BCUT2D eigenvalue weighted by Gasteiger charge is -2.37. The maximum absolute atomic E-state index is 11.5. The van der Waals surface area contributed by atoms with E-state index in [9.17, 15) is 9.90 Å². The van der Waals surface area contributed by atoms with Crippen LogP contribution in [0.3, 0.4) is 0 Å². The van der Waals surface area contributed by atoms with E-state index in [-0.39, 0.29) is 6.04 Å². The zero-order valence-corrected chi connectivity index (χ0v) is 12.5. The molecule has 0 spiro atoms. The summed E-state index contributed by atoms with van der Waals surface area (Å²) in [5, 5.41) is 12.5. The van der Waals surface area contributed by atoms with Crippen LogP contribution >= 0.6 is 0 Å². The van der Waals surface area contributed by atoms with Crippen molar-refractivity contribution in [1.82, 2.24) is 19.8 Å². The lowest BCUT2D eigenvalue weighted by molar-refractivity contribution is -0.145. The summed E-state index contributed by atoms with van der Waals surface area (Å²) in [5.41, 5.74) is -0.874. The van der Waals surface area contributed by atoms with Crippen LogP contribution in [0.25, 0.3) is 0 Å². The van der Waals surface area contributed by atoms with E-state index in [1.165, 1.54) is 0 Å². The summed E-state index contributed by atoms with van der Waals surface area (Å²) in [5.74, 6) is 0.272. The van der Waals surface area contributed by atoms with Crippen molar-refractivity contribution in [3.8, 4) is 0 Å². The van der Waals surface area contributed by atoms with Crippen LogP contribution in [0, 0.1) is 0 Å². The van der Waals surface area contributed by atoms with E-state index in [1.807, 2.05) is 19.3 Å². The molecule has 0 bridgehead atoms. The Morgan fingerprint density at radius 3 is 3.00 bits per heavy atom. The van der Waals surface area contributed by atoms with Gasteiger partial charge in [0.25, 0.3) is 0 Å². The third kappa shape index (κ3) is 3.02. The van der Waals surface area contributed by atoms with E-state index in [1.54, 1.807) is 6.92 Å². The number of imidazole rings is 1. The predicted molar refractivity (Wildman–Crippen MR) is 76.4 cm³/mol. The first-order valence-electron chi connectivity index (χ1n) is 7.18. The van der Waals surface area contributed by atoms with Crippen molar-refractivity contribution >= 4 is 5.97 Å². The van der Waals surface area contributed by atoms with Crippen LogP contribution < -0.4 is 5.32 Å². The van der Waals surface area contributed by atoms with Crippen LogP contribution in [0.2, 0.25) is 0 Å². The zero-order chi connectivity index (χ0) is 14.8. The van der Waals surface area contributed by atoms with Crippen molar-refractivity contribution in [2.75, 3.05) is 13.1 Å². The molecule has 2 heterocycles. The molecule has 112 valence electrons. The second-order valence-corrected chi connectivity index (χ2v) is 5.73. The molecular weight excluding hydrogens is 256 g/mol. The first kappa shape index (κ1) is 15.0. The number of likely N-dealkylation sites (N-methyl/N-ethyl adjacent to an activating group) is 1. The smallest absolute Gasteiger partial charge is 0.323 e. The van der Waals surface area contributed by atoms with Gasteiger partial charge in [-0.05, 0) is 26.8 Å². The number of rotatable bonds is 6. The molecule has 1 aliphatic rings. The Morgan fingerprint density at radius 2 is 2.35 bits per heavy atom. The van der Waals surface area contributed by atoms with Crippen molar-refractivity contribution in [2.45, 2.75) is 51.9 Å². The molecule has 6 heteroatoms. The van der Waals surface area contributed by atoms with Gasteiger partial charge in [-0.2, -0.15) is 0 Å². The van der Waals surface area contributed by atoms with Crippen molar-refractivity contribution in [3.63, 3.8) is 0 Å². The third-order valence-corrected chi connectivity index (χ3v) is 4.14. The minimum atomic E-state index is -0.874. The van der Waals surface area contributed by atoms with E-state index in [0.717, 1.165) is 25.5 Å². The van der Waals surface area contributed by atoms with Crippen molar-refractivity contribution in [3.05, 3.63) is 18.2 Å². The number of nitrogens with one attached hydrogen (secondary N) is 1. The summed E-state index contributed by atoms with van der Waals surface area (Å²) in [7, 11) is 0. The molecule has 1 aromatic heterocycles. The third-order valence-electron chi connectivity index (χ3n) is 4.14. The van der Waals surface area contributed by atoms with Crippen molar-refractivity contribution in [1.29, 1.82) is 0 Å². The summed E-state index contributed by atoms with van der Waals surface area (Å²) in [6.07, 6.45) is 4.40. The van der Waals surface area contributed by atoms with Gasteiger partial charge in [0, 0.05) is 31.5 Å². The fraction of sp³-hybridized carbons (Fsp3) is 0.714. The standard InChI is InChI=1S/C14H24N4O2/c1-4-16-14(3,13(19)20)9-11(2)18-8-7-17-6-5-15-12(17)10-18/h5-6,11,16H,4,7-10H2,1-3H3,(H,19,20). The van der Waals surface area contributed by atoms with E-state index >= 15 is 0 Å². The molecule has 2 N–H and O–H groups in total. The van der Waals surface area contributed by atoms with Crippen LogP contribution in [0.1, 0.15) is 33.0 Å². The van der Waals surface area contributed by atoms with E-state index in [0.29, 0.717) is 13.0 Å². The maximum atomic E-state index is 11.5. The van der Waals surface area contributed by atoms with Crippen LogP contribution in [0.5, 0.6) is 0 Å². The lowest BCUT2D eigenvalue weighted by Crippen LogP contribution is -2.54. The van der Waals surface area contributed by atoms with Crippen LogP contribution in [0.4, 0.5) is 0 Å². The van der Waals surface area contributed by atoms with Gasteiger partial charge < -0.3 is 15.0 Å². The number of fused-ring (bicyclic) bond motifs is 1. The SMILES string of the molecule is CCNC(C)(CC(C)N1CCn2ccnc2C1)C(=O)O. The molecule has 6 nitrogen and oxygen atoms in total. The highest BCUT2D eigenvalue weighted by molar-refractivity contribution is 5.78. The number of carbonyl (C=O) groups is 1. The van der Waals surface area contributed by atoms with E-state index < -0.39 is 11.5 Å². The first-order valence-corrected chi connectivity index (χ1v) is 7.18. The molecule has 0 saturated carbocycles. The fourth-order valence-electron chi connectivity index (χ4n) is 2.91.